The number of rotatable bonds is 4. The Bertz CT molecular complexity index is 644. The second-order valence-corrected chi connectivity index (χ2v) is 6.03. The van der Waals surface area contributed by atoms with Crippen LogP contribution in [0, 0.1) is 5.82 Å². The molecule has 21 heavy (non-hydrogen) atoms. The molecule has 0 radical (unpaired) electrons. The van der Waals surface area contributed by atoms with Crippen molar-refractivity contribution in [1.29, 1.82) is 0 Å². The van der Waals surface area contributed by atoms with E-state index in [1.807, 2.05) is 0 Å². The fourth-order valence-corrected chi connectivity index (χ4v) is 2.90. The van der Waals surface area contributed by atoms with Gasteiger partial charge in [-0.15, -0.1) is 0 Å². The van der Waals surface area contributed by atoms with Crippen LogP contribution < -0.4 is 0 Å². The third-order valence-corrected chi connectivity index (χ3v) is 4.40. The van der Waals surface area contributed by atoms with Crippen molar-refractivity contribution in [3.8, 4) is 16.9 Å². The maximum Gasteiger partial charge on any atom is 0.127 e. The molecule has 0 heterocycles. The highest BCUT2D eigenvalue weighted by molar-refractivity contribution is 9.09. The van der Waals surface area contributed by atoms with Crippen LogP contribution in [0.4, 0.5) is 4.39 Å². The zero-order chi connectivity index (χ0) is 15.6. The van der Waals surface area contributed by atoms with Crippen LogP contribution in [0.1, 0.15) is 5.56 Å². The van der Waals surface area contributed by atoms with Gasteiger partial charge in [0.2, 0.25) is 0 Å². The number of halogens is 4. The van der Waals surface area contributed by atoms with Crippen molar-refractivity contribution >= 4 is 39.1 Å². The number of phenols is 1. The van der Waals surface area contributed by atoms with Gasteiger partial charge in [-0.05, 0) is 29.8 Å². The summed E-state index contributed by atoms with van der Waals surface area (Å²) in [5.74, 6) is -0.665. The predicted octanol–water partition coefficient (Wildman–Crippen LogP) is 4.80. The van der Waals surface area contributed by atoms with Gasteiger partial charge in [-0.2, -0.15) is 0 Å². The van der Waals surface area contributed by atoms with Crippen molar-refractivity contribution in [1.82, 2.24) is 0 Å². The van der Waals surface area contributed by atoms with Gasteiger partial charge < -0.3 is 10.2 Å². The van der Waals surface area contributed by atoms with Gasteiger partial charge in [0.05, 0.1) is 16.1 Å². The van der Waals surface area contributed by atoms with E-state index >= 15 is 0 Å². The standard InChI is InChI=1S/C15H12BrCl2FO2/c16-7-10(20)5-8-4-9(19)6-11(15(8)21)14-12(17)2-1-3-13(14)18/h1-4,6,10,20-21H,5,7H2/t10-/m0/s1. The van der Waals surface area contributed by atoms with Gasteiger partial charge in [-0.25, -0.2) is 4.39 Å². The first-order valence-corrected chi connectivity index (χ1v) is 8.01. The van der Waals surface area contributed by atoms with E-state index in [1.54, 1.807) is 18.2 Å². The maximum absolute atomic E-state index is 13.8. The SMILES string of the molecule is Oc1c(C[C@H](O)CBr)cc(F)cc1-c1c(Cl)cccc1Cl. The summed E-state index contributed by atoms with van der Waals surface area (Å²) in [6, 6.07) is 7.25. The van der Waals surface area contributed by atoms with Crippen molar-refractivity contribution in [2.24, 2.45) is 0 Å². The molecule has 2 rings (SSSR count). The second kappa shape index (κ2) is 6.97. The molecule has 2 N–H and O–H groups in total. The summed E-state index contributed by atoms with van der Waals surface area (Å²) >= 11 is 15.3. The normalized spacial score (nSPS) is 12.4. The third kappa shape index (κ3) is 3.69. The molecule has 0 aliphatic rings. The Morgan fingerprint density at radius 3 is 2.38 bits per heavy atom. The van der Waals surface area contributed by atoms with Gasteiger partial charge in [-0.1, -0.05) is 45.2 Å². The smallest absolute Gasteiger partial charge is 0.127 e. The summed E-state index contributed by atoms with van der Waals surface area (Å²) in [7, 11) is 0. The van der Waals surface area contributed by atoms with Crippen molar-refractivity contribution in [3.05, 3.63) is 51.8 Å². The van der Waals surface area contributed by atoms with E-state index in [4.69, 9.17) is 23.2 Å². The molecular weight excluding hydrogens is 382 g/mol. The minimum atomic E-state index is -0.729. The Morgan fingerprint density at radius 1 is 1.19 bits per heavy atom. The van der Waals surface area contributed by atoms with Gasteiger partial charge in [0.1, 0.15) is 11.6 Å². The van der Waals surface area contributed by atoms with E-state index in [-0.39, 0.29) is 17.7 Å². The van der Waals surface area contributed by atoms with Gasteiger partial charge >= 0.3 is 0 Å². The minimum Gasteiger partial charge on any atom is -0.507 e. The second-order valence-electron chi connectivity index (χ2n) is 4.57. The third-order valence-electron chi connectivity index (χ3n) is 3.02. The molecule has 6 heteroatoms. The Kier molecular flexibility index (Phi) is 5.49. The van der Waals surface area contributed by atoms with Crippen LogP contribution in [0.5, 0.6) is 5.75 Å². The quantitative estimate of drug-likeness (QED) is 0.732. The number of hydrogen-bond donors (Lipinski definition) is 2. The molecule has 0 saturated carbocycles. The zero-order valence-corrected chi connectivity index (χ0v) is 13.9. The fourth-order valence-electron chi connectivity index (χ4n) is 2.07. The highest BCUT2D eigenvalue weighted by Crippen LogP contribution is 2.41. The molecule has 2 aromatic carbocycles. The lowest BCUT2D eigenvalue weighted by atomic mass is 9.98. The van der Waals surface area contributed by atoms with E-state index in [1.165, 1.54) is 12.1 Å². The first-order valence-electron chi connectivity index (χ1n) is 6.13. The van der Waals surface area contributed by atoms with Crippen molar-refractivity contribution in [2.45, 2.75) is 12.5 Å². The summed E-state index contributed by atoms with van der Waals surface area (Å²) in [5.41, 5.74) is 0.878. The number of hydrogen-bond acceptors (Lipinski definition) is 2. The summed E-state index contributed by atoms with van der Waals surface area (Å²) in [6.45, 7) is 0. The number of aliphatic hydroxyl groups is 1. The maximum atomic E-state index is 13.8. The molecule has 0 aliphatic carbocycles. The van der Waals surface area contributed by atoms with Crippen LogP contribution in [0.25, 0.3) is 11.1 Å². The van der Waals surface area contributed by atoms with E-state index in [0.717, 1.165) is 0 Å². The Labute approximate surface area is 140 Å². The Hall–Kier alpha value is -0.810. The van der Waals surface area contributed by atoms with Gasteiger partial charge in [0, 0.05) is 22.9 Å². The molecule has 1 atom stereocenters. The van der Waals surface area contributed by atoms with Crippen LogP contribution in [-0.2, 0) is 6.42 Å². The van der Waals surface area contributed by atoms with Crippen molar-refractivity contribution in [2.75, 3.05) is 5.33 Å². The number of benzene rings is 2. The molecule has 0 aromatic heterocycles. The highest BCUT2D eigenvalue weighted by atomic mass is 79.9. The van der Waals surface area contributed by atoms with Crippen LogP contribution >= 0.6 is 39.1 Å². The summed E-state index contributed by atoms with van der Waals surface area (Å²) < 4.78 is 13.8. The topological polar surface area (TPSA) is 40.5 Å². The van der Waals surface area contributed by atoms with Crippen LogP contribution in [-0.4, -0.2) is 21.6 Å². The number of aliphatic hydroxyl groups excluding tert-OH is 1. The lowest BCUT2D eigenvalue weighted by molar-refractivity contribution is 0.200. The number of alkyl halides is 1. The van der Waals surface area contributed by atoms with E-state index in [0.29, 0.717) is 26.5 Å². The average molecular weight is 394 g/mol. The van der Waals surface area contributed by atoms with E-state index in [9.17, 15) is 14.6 Å². The first kappa shape index (κ1) is 16.6. The molecule has 0 bridgehead atoms. The molecule has 0 saturated heterocycles. The van der Waals surface area contributed by atoms with Crippen LogP contribution in [0.2, 0.25) is 10.0 Å². The molecule has 0 unspecified atom stereocenters. The average Bonchev–Trinajstić information content (AvgIpc) is 2.43. The molecule has 0 spiro atoms. The van der Waals surface area contributed by atoms with Crippen LogP contribution in [0.3, 0.4) is 0 Å². The fraction of sp³-hybridized carbons (Fsp3) is 0.200. The monoisotopic (exact) mass is 392 g/mol. The number of aromatic hydroxyl groups is 1. The molecule has 0 fully saturated rings. The molecule has 0 aliphatic heterocycles. The summed E-state index contributed by atoms with van der Waals surface area (Å²) in [5, 5.41) is 21.0. The van der Waals surface area contributed by atoms with Gasteiger partial charge in [0.15, 0.2) is 0 Å². The Morgan fingerprint density at radius 2 is 1.81 bits per heavy atom. The minimum absolute atomic E-state index is 0.115. The molecular formula is C15H12BrCl2FO2. The van der Waals surface area contributed by atoms with Crippen molar-refractivity contribution in [3.63, 3.8) is 0 Å². The lowest BCUT2D eigenvalue weighted by Crippen LogP contribution is -2.12. The zero-order valence-electron chi connectivity index (χ0n) is 10.8. The summed E-state index contributed by atoms with van der Waals surface area (Å²) in [6.07, 6.45) is -0.614. The van der Waals surface area contributed by atoms with E-state index < -0.39 is 11.9 Å². The van der Waals surface area contributed by atoms with Gasteiger partial charge in [-0.3, -0.25) is 0 Å². The van der Waals surface area contributed by atoms with Crippen molar-refractivity contribution < 1.29 is 14.6 Å². The molecule has 2 aromatic rings. The summed E-state index contributed by atoms with van der Waals surface area (Å²) in [4.78, 5) is 0. The Balaban J connectivity index is 2.59. The highest BCUT2D eigenvalue weighted by Gasteiger charge is 2.18. The molecule has 112 valence electrons. The largest absolute Gasteiger partial charge is 0.507 e. The first-order chi connectivity index (χ1) is 9.93. The lowest BCUT2D eigenvalue weighted by Gasteiger charge is -2.14. The van der Waals surface area contributed by atoms with E-state index in [2.05, 4.69) is 15.9 Å². The molecule has 2 nitrogen and oxygen atoms in total. The molecule has 0 amide bonds. The van der Waals surface area contributed by atoms with Gasteiger partial charge in [0.25, 0.3) is 0 Å². The number of phenolic OH excluding ortho intramolecular Hbond substituents is 1. The predicted molar refractivity (Wildman–Crippen MR) is 87.0 cm³/mol. The van der Waals surface area contributed by atoms with Crippen LogP contribution in [0.15, 0.2) is 30.3 Å².